The van der Waals surface area contributed by atoms with Gasteiger partial charge in [-0.2, -0.15) is 0 Å². The quantitative estimate of drug-likeness (QED) is 0.277. The van der Waals surface area contributed by atoms with Crippen LogP contribution in [0, 0.1) is 27.7 Å². The van der Waals surface area contributed by atoms with Crippen molar-refractivity contribution in [3.8, 4) is 5.75 Å². The Morgan fingerprint density at radius 1 is 0.900 bits per heavy atom. The zero-order chi connectivity index (χ0) is 21.8. The largest absolute Gasteiger partial charge is 0.480 e. The minimum Gasteiger partial charge on any atom is -0.480 e. The molecule has 0 radical (unpaired) electrons. The second-order valence-corrected chi connectivity index (χ2v) is 7.06. The topological polar surface area (TPSA) is 69.4 Å². The summed E-state index contributed by atoms with van der Waals surface area (Å²) in [4.78, 5) is 23.3. The van der Waals surface area contributed by atoms with E-state index >= 15 is 0 Å². The van der Waals surface area contributed by atoms with Crippen LogP contribution in [-0.2, 0) is 0 Å². The Morgan fingerprint density at radius 3 is 1.83 bits per heavy atom. The van der Waals surface area contributed by atoms with Crippen molar-refractivity contribution in [3.63, 3.8) is 0 Å². The summed E-state index contributed by atoms with van der Waals surface area (Å²) in [6, 6.07) is 15.0. The average Bonchev–Trinajstić information content (AvgIpc) is 2.73. The maximum absolute atomic E-state index is 13.4. The van der Waals surface area contributed by atoms with Crippen molar-refractivity contribution in [3.05, 3.63) is 105 Å². The first kappa shape index (κ1) is 21.1. The van der Waals surface area contributed by atoms with Crippen LogP contribution >= 0.6 is 0 Å². The molecule has 0 atom stereocenters. The molecule has 0 saturated heterocycles. The summed E-state index contributed by atoms with van der Waals surface area (Å²) in [7, 11) is 0. The summed E-state index contributed by atoms with van der Waals surface area (Å²) in [5.41, 5.74) is 0.994. The highest BCUT2D eigenvalue weighted by Crippen LogP contribution is 2.33. The number of rotatable bonds is 7. The van der Waals surface area contributed by atoms with E-state index in [0.717, 1.165) is 0 Å². The van der Waals surface area contributed by atoms with Gasteiger partial charge >= 0.3 is 0 Å². The second kappa shape index (κ2) is 8.82. The summed E-state index contributed by atoms with van der Waals surface area (Å²) >= 11 is 0. The SMILES string of the molecule is CC(C)C(=O)c1cc([N+](=O)[O-])ccc1OC(c1ccc(F)cc1)c1ccc(F)cc1. The van der Waals surface area contributed by atoms with Crippen molar-refractivity contribution in [2.75, 3.05) is 0 Å². The Balaban J connectivity index is 2.09. The van der Waals surface area contributed by atoms with Gasteiger partial charge in [0.25, 0.3) is 5.69 Å². The van der Waals surface area contributed by atoms with E-state index in [1.807, 2.05) is 0 Å². The third-order valence-corrected chi connectivity index (χ3v) is 4.55. The van der Waals surface area contributed by atoms with E-state index < -0.39 is 28.6 Å². The molecule has 0 heterocycles. The lowest BCUT2D eigenvalue weighted by Crippen LogP contribution is -2.14. The van der Waals surface area contributed by atoms with Gasteiger partial charge in [0.2, 0.25) is 0 Å². The summed E-state index contributed by atoms with van der Waals surface area (Å²) in [5.74, 6) is -1.43. The average molecular weight is 411 g/mol. The van der Waals surface area contributed by atoms with Crippen LogP contribution in [0.25, 0.3) is 0 Å². The number of nitro benzene ring substituents is 1. The monoisotopic (exact) mass is 411 g/mol. The van der Waals surface area contributed by atoms with Crippen LogP contribution in [0.4, 0.5) is 14.5 Å². The van der Waals surface area contributed by atoms with Crippen molar-refractivity contribution in [2.45, 2.75) is 20.0 Å². The van der Waals surface area contributed by atoms with Gasteiger partial charge in [-0.15, -0.1) is 0 Å². The molecule has 0 aliphatic rings. The Morgan fingerprint density at radius 2 is 1.40 bits per heavy atom. The molecular formula is C23H19F2NO4. The standard InChI is InChI=1S/C23H19F2NO4/c1-14(2)22(27)20-13-19(26(28)29)11-12-21(20)30-23(15-3-7-17(24)8-4-15)16-5-9-18(25)10-6-16/h3-14,23H,1-2H3. The summed E-state index contributed by atoms with van der Waals surface area (Å²) in [6.45, 7) is 3.37. The van der Waals surface area contributed by atoms with Crippen molar-refractivity contribution in [2.24, 2.45) is 5.92 Å². The molecule has 3 rings (SSSR count). The Bertz CT molecular complexity index is 1020. The molecular weight excluding hydrogens is 392 g/mol. The van der Waals surface area contributed by atoms with Crippen LogP contribution in [0.2, 0.25) is 0 Å². The normalized spacial score (nSPS) is 11.0. The van der Waals surface area contributed by atoms with Crippen LogP contribution in [0.5, 0.6) is 5.75 Å². The molecule has 0 N–H and O–H groups in total. The number of nitro groups is 1. The van der Waals surface area contributed by atoms with E-state index in [4.69, 9.17) is 4.74 Å². The van der Waals surface area contributed by atoms with Gasteiger partial charge in [0.1, 0.15) is 23.5 Å². The summed E-state index contributed by atoms with van der Waals surface area (Å²) in [5, 5.41) is 11.2. The fourth-order valence-electron chi connectivity index (χ4n) is 2.97. The highest BCUT2D eigenvalue weighted by Gasteiger charge is 2.24. The molecule has 7 heteroatoms. The smallest absolute Gasteiger partial charge is 0.270 e. The first-order valence-corrected chi connectivity index (χ1v) is 9.26. The number of hydrogen-bond acceptors (Lipinski definition) is 4. The maximum Gasteiger partial charge on any atom is 0.270 e. The van der Waals surface area contributed by atoms with Crippen LogP contribution in [0.1, 0.15) is 41.4 Å². The van der Waals surface area contributed by atoms with E-state index in [1.165, 1.54) is 66.7 Å². The molecule has 3 aromatic carbocycles. The van der Waals surface area contributed by atoms with Gasteiger partial charge in [-0.1, -0.05) is 38.1 Å². The van der Waals surface area contributed by atoms with Gasteiger partial charge in [-0.05, 0) is 41.5 Å². The van der Waals surface area contributed by atoms with Gasteiger partial charge in [-0.25, -0.2) is 8.78 Å². The Kier molecular flexibility index (Phi) is 6.20. The second-order valence-electron chi connectivity index (χ2n) is 7.06. The highest BCUT2D eigenvalue weighted by molar-refractivity contribution is 6.00. The molecule has 0 amide bonds. The van der Waals surface area contributed by atoms with Crippen molar-refractivity contribution < 1.29 is 23.2 Å². The third kappa shape index (κ3) is 4.68. The number of carbonyl (C=O) groups is 1. The predicted octanol–water partition coefficient (Wildman–Crippen LogP) is 5.88. The van der Waals surface area contributed by atoms with E-state index in [2.05, 4.69) is 0 Å². The zero-order valence-corrected chi connectivity index (χ0v) is 16.3. The number of hydrogen-bond donors (Lipinski definition) is 0. The first-order valence-electron chi connectivity index (χ1n) is 9.26. The van der Waals surface area contributed by atoms with Crippen molar-refractivity contribution >= 4 is 11.5 Å². The third-order valence-electron chi connectivity index (χ3n) is 4.55. The van der Waals surface area contributed by atoms with Gasteiger partial charge in [0.05, 0.1) is 10.5 Å². The van der Waals surface area contributed by atoms with Crippen LogP contribution < -0.4 is 4.74 Å². The predicted molar refractivity (Wildman–Crippen MR) is 108 cm³/mol. The van der Waals surface area contributed by atoms with E-state index in [-0.39, 0.29) is 22.8 Å². The number of ether oxygens (including phenoxy) is 1. The fraction of sp³-hybridized carbons (Fsp3) is 0.174. The minimum atomic E-state index is -0.786. The molecule has 0 saturated carbocycles. The van der Waals surface area contributed by atoms with Gasteiger partial charge in [0, 0.05) is 18.1 Å². The molecule has 5 nitrogen and oxygen atoms in total. The lowest BCUT2D eigenvalue weighted by atomic mass is 9.98. The lowest BCUT2D eigenvalue weighted by Gasteiger charge is -2.22. The molecule has 30 heavy (non-hydrogen) atoms. The van der Waals surface area contributed by atoms with Gasteiger partial charge in [0.15, 0.2) is 5.78 Å². The van der Waals surface area contributed by atoms with Crippen LogP contribution in [-0.4, -0.2) is 10.7 Å². The van der Waals surface area contributed by atoms with Gasteiger partial charge in [-0.3, -0.25) is 14.9 Å². The van der Waals surface area contributed by atoms with E-state index in [1.54, 1.807) is 13.8 Å². The lowest BCUT2D eigenvalue weighted by molar-refractivity contribution is -0.384. The fourth-order valence-corrected chi connectivity index (χ4v) is 2.97. The zero-order valence-electron chi connectivity index (χ0n) is 16.3. The number of nitrogens with zero attached hydrogens (tertiary/aromatic N) is 1. The maximum atomic E-state index is 13.4. The van der Waals surface area contributed by atoms with Crippen LogP contribution in [0.3, 0.4) is 0 Å². The molecule has 0 bridgehead atoms. The summed E-state index contributed by atoms with van der Waals surface area (Å²) in [6.07, 6.45) is -0.786. The number of Topliss-reactive ketones (excluding diaryl/α,β-unsaturated/α-hetero) is 1. The molecule has 0 unspecified atom stereocenters. The molecule has 154 valence electrons. The number of ketones is 1. The number of non-ortho nitro benzene ring substituents is 1. The van der Waals surface area contributed by atoms with Crippen molar-refractivity contribution in [1.82, 2.24) is 0 Å². The van der Waals surface area contributed by atoms with Crippen LogP contribution in [0.15, 0.2) is 66.7 Å². The molecule has 0 aliphatic carbocycles. The highest BCUT2D eigenvalue weighted by atomic mass is 19.1. The Labute approximate surface area is 172 Å². The minimum absolute atomic E-state index is 0.0772. The number of benzene rings is 3. The van der Waals surface area contributed by atoms with E-state index in [9.17, 15) is 23.7 Å². The van der Waals surface area contributed by atoms with Gasteiger partial charge < -0.3 is 4.74 Å². The molecule has 3 aromatic rings. The number of carbonyl (C=O) groups excluding carboxylic acids is 1. The first-order chi connectivity index (χ1) is 14.3. The molecule has 0 aromatic heterocycles. The van der Waals surface area contributed by atoms with Crippen molar-refractivity contribution in [1.29, 1.82) is 0 Å². The summed E-state index contributed by atoms with van der Waals surface area (Å²) < 4.78 is 32.9. The number of halogens is 2. The Hall–Kier alpha value is -3.61. The van der Waals surface area contributed by atoms with E-state index in [0.29, 0.717) is 11.1 Å². The molecule has 0 fully saturated rings. The molecule has 0 spiro atoms. The molecule has 0 aliphatic heterocycles.